The van der Waals surface area contributed by atoms with Crippen LogP contribution < -0.4 is 0 Å². The molecule has 106 valence electrons. The number of rotatable bonds is 6. The zero-order valence-corrected chi connectivity index (χ0v) is 11.6. The minimum absolute atomic E-state index is 0.0519. The van der Waals surface area contributed by atoms with Crippen molar-refractivity contribution in [3.05, 3.63) is 53.9 Å². The molecule has 20 heavy (non-hydrogen) atoms. The molecule has 0 saturated heterocycles. The van der Waals surface area contributed by atoms with Gasteiger partial charge >= 0.3 is 11.9 Å². The third-order valence-corrected chi connectivity index (χ3v) is 2.10. The van der Waals surface area contributed by atoms with Crippen LogP contribution in [0.3, 0.4) is 0 Å². The number of nitrogens with zero attached hydrogens (tertiary/aromatic N) is 1. The number of ether oxygens (including phenoxy) is 2. The first-order valence-electron chi connectivity index (χ1n) is 5.99. The van der Waals surface area contributed by atoms with Gasteiger partial charge in [0.05, 0.1) is 5.56 Å². The Balaban J connectivity index is 2.74. The van der Waals surface area contributed by atoms with Gasteiger partial charge in [0.15, 0.2) is 0 Å². The van der Waals surface area contributed by atoms with Gasteiger partial charge in [0.1, 0.15) is 18.9 Å². The van der Waals surface area contributed by atoms with Crippen molar-refractivity contribution in [1.29, 1.82) is 0 Å². The van der Waals surface area contributed by atoms with Crippen LogP contribution in [0.4, 0.5) is 0 Å². The lowest BCUT2D eigenvalue weighted by molar-refractivity contribution is 0.0532. The lowest BCUT2D eigenvalue weighted by Gasteiger charge is -2.06. The van der Waals surface area contributed by atoms with Crippen LogP contribution >= 0.6 is 0 Å². The van der Waals surface area contributed by atoms with Gasteiger partial charge in [-0.05, 0) is 37.1 Å². The molecule has 1 aromatic rings. The molecule has 0 unspecified atom stereocenters. The van der Waals surface area contributed by atoms with E-state index >= 15 is 0 Å². The maximum Gasteiger partial charge on any atom is 0.357 e. The Hall–Kier alpha value is -2.43. The van der Waals surface area contributed by atoms with E-state index < -0.39 is 11.9 Å². The standard InChI is InChI=1S/C15H17NO4/c1-10(2)8-19-14(17)12-5-6-16-13(7-12)15(18)20-9-11(3)4/h5-7H,1,3,8-9H2,2,4H3. The molecule has 0 fully saturated rings. The number of pyridine rings is 1. The highest BCUT2D eigenvalue weighted by Crippen LogP contribution is 2.07. The van der Waals surface area contributed by atoms with Gasteiger partial charge in [0, 0.05) is 6.20 Å². The van der Waals surface area contributed by atoms with Crippen LogP contribution in [0.1, 0.15) is 34.7 Å². The number of hydrogen-bond acceptors (Lipinski definition) is 5. The highest BCUT2D eigenvalue weighted by molar-refractivity contribution is 5.94. The van der Waals surface area contributed by atoms with Crippen molar-refractivity contribution in [2.24, 2.45) is 0 Å². The summed E-state index contributed by atoms with van der Waals surface area (Å²) < 4.78 is 9.95. The van der Waals surface area contributed by atoms with Crippen molar-refractivity contribution < 1.29 is 19.1 Å². The molecular formula is C15H17NO4. The van der Waals surface area contributed by atoms with Crippen LogP contribution in [0, 0.1) is 0 Å². The summed E-state index contributed by atoms with van der Waals surface area (Å²) in [5, 5.41) is 0. The van der Waals surface area contributed by atoms with Gasteiger partial charge < -0.3 is 9.47 Å². The fourth-order valence-electron chi connectivity index (χ4n) is 1.20. The van der Waals surface area contributed by atoms with Crippen molar-refractivity contribution in [2.75, 3.05) is 13.2 Å². The highest BCUT2D eigenvalue weighted by atomic mass is 16.5. The summed E-state index contributed by atoms with van der Waals surface area (Å²) in [6.07, 6.45) is 1.36. The Morgan fingerprint density at radius 1 is 1.10 bits per heavy atom. The third-order valence-electron chi connectivity index (χ3n) is 2.10. The molecule has 5 nitrogen and oxygen atoms in total. The summed E-state index contributed by atoms with van der Waals surface area (Å²) in [5.74, 6) is -1.15. The molecule has 0 N–H and O–H groups in total. The normalized spacial score (nSPS) is 9.70. The molecule has 0 spiro atoms. The minimum atomic E-state index is -0.609. The predicted molar refractivity (Wildman–Crippen MR) is 74.4 cm³/mol. The van der Waals surface area contributed by atoms with E-state index in [1.54, 1.807) is 13.8 Å². The van der Waals surface area contributed by atoms with E-state index in [-0.39, 0.29) is 24.5 Å². The Bertz CT molecular complexity index is 503. The molecule has 1 rings (SSSR count). The molecule has 0 aliphatic heterocycles. The summed E-state index contributed by atoms with van der Waals surface area (Å²) in [5.41, 5.74) is 1.74. The summed E-state index contributed by atoms with van der Waals surface area (Å²) in [4.78, 5) is 27.3. The van der Waals surface area contributed by atoms with Crippen molar-refractivity contribution in [1.82, 2.24) is 4.98 Å². The molecule has 0 atom stereocenters. The van der Waals surface area contributed by atoms with E-state index in [9.17, 15) is 9.59 Å². The van der Waals surface area contributed by atoms with Crippen molar-refractivity contribution in [3.8, 4) is 0 Å². The van der Waals surface area contributed by atoms with Crippen LogP contribution in [-0.4, -0.2) is 30.1 Å². The molecule has 0 aliphatic rings. The first-order valence-corrected chi connectivity index (χ1v) is 5.99. The SMILES string of the molecule is C=C(C)COC(=O)c1ccnc(C(=O)OCC(=C)C)c1. The largest absolute Gasteiger partial charge is 0.458 e. The number of esters is 2. The first kappa shape index (κ1) is 15.6. The number of carbonyl (C=O) groups is 2. The monoisotopic (exact) mass is 275 g/mol. The quantitative estimate of drug-likeness (QED) is 0.589. The Morgan fingerprint density at radius 2 is 1.65 bits per heavy atom. The van der Waals surface area contributed by atoms with Gasteiger partial charge in [0.25, 0.3) is 0 Å². The Morgan fingerprint density at radius 3 is 2.20 bits per heavy atom. The number of carbonyl (C=O) groups excluding carboxylic acids is 2. The maximum absolute atomic E-state index is 11.7. The van der Waals surface area contributed by atoms with E-state index in [1.165, 1.54) is 18.3 Å². The highest BCUT2D eigenvalue weighted by Gasteiger charge is 2.13. The summed E-state index contributed by atoms with van der Waals surface area (Å²) in [7, 11) is 0. The average Bonchev–Trinajstić information content (AvgIpc) is 2.42. The third kappa shape index (κ3) is 5.06. The van der Waals surface area contributed by atoms with Gasteiger partial charge in [-0.2, -0.15) is 0 Å². The first-order chi connectivity index (χ1) is 9.40. The average molecular weight is 275 g/mol. The zero-order valence-electron chi connectivity index (χ0n) is 11.6. The van der Waals surface area contributed by atoms with Gasteiger partial charge in [-0.3, -0.25) is 0 Å². The smallest absolute Gasteiger partial charge is 0.357 e. The topological polar surface area (TPSA) is 65.5 Å². The summed E-state index contributed by atoms with van der Waals surface area (Å²) in [6, 6.07) is 2.80. The molecular weight excluding hydrogens is 258 g/mol. The lowest BCUT2D eigenvalue weighted by atomic mass is 10.2. The zero-order chi connectivity index (χ0) is 15.1. The molecule has 0 aromatic carbocycles. The van der Waals surface area contributed by atoms with E-state index in [4.69, 9.17) is 9.47 Å². The van der Waals surface area contributed by atoms with Crippen LogP contribution in [0.15, 0.2) is 42.6 Å². The van der Waals surface area contributed by atoms with Crippen LogP contribution in [0.25, 0.3) is 0 Å². The van der Waals surface area contributed by atoms with Gasteiger partial charge in [-0.1, -0.05) is 13.2 Å². The van der Waals surface area contributed by atoms with Crippen molar-refractivity contribution >= 4 is 11.9 Å². The lowest BCUT2D eigenvalue weighted by Crippen LogP contribution is -2.12. The van der Waals surface area contributed by atoms with E-state index in [1.807, 2.05) is 0 Å². The van der Waals surface area contributed by atoms with Crippen LogP contribution in [0.2, 0.25) is 0 Å². The van der Waals surface area contributed by atoms with Crippen LogP contribution in [-0.2, 0) is 9.47 Å². The second-order valence-corrected chi connectivity index (χ2v) is 4.50. The van der Waals surface area contributed by atoms with Crippen LogP contribution in [0.5, 0.6) is 0 Å². The molecule has 0 amide bonds. The van der Waals surface area contributed by atoms with E-state index in [2.05, 4.69) is 18.1 Å². The fraction of sp³-hybridized carbons (Fsp3) is 0.267. The van der Waals surface area contributed by atoms with Crippen molar-refractivity contribution in [2.45, 2.75) is 13.8 Å². The molecule has 5 heteroatoms. The Kier molecular flexibility index (Phi) is 5.65. The predicted octanol–water partition coefficient (Wildman–Crippen LogP) is 2.55. The van der Waals surface area contributed by atoms with Gasteiger partial charge in [-0.15, -0.1) is 0 Å². The second-order valence-electron chi connectivity index (χ2n) is 4.50. The molecule has 0 saturated carbocycles. The second kappa shape index (κ2) is 7.23. The molecule has 0 radical (unpaired) electrons. The molecule has 0 aliphatic carbocycles. The van der Waals surface area contributed by atoms with E-state index in [0.717, 1.165) is 11.1 Å². The number of aromatic nitrogens is 1. The number of hydrogen-bond donors (Lipinski definition) is 0. The van der Waals surface area contributed by atoms with Gasteiger partial charge in [-0.25, -0.2) is 14.6 Å². The van der Waals surface area contributed by atoms with Gasteiger partial charge in [0.2, 0.25) is 0 Å². The van der Waals surface area contributed by atoms with E-state index in [0.29, 0.717) is 0 Å². The maximum atomic E-state index is 11.7. The fourth-order valence-corrected chi connectivity index (χ4v) is 1.20. The molecule has 0 bridgehead atoms. The summed E-state index contributed by atoms with van der Waals surface area (Å²) in [6.45, 7) is 11.0. The minimum Gasteiger partial charge on any atom is -0.458 e. The summed E-state index contributed by atoms with van der Waals surface area (Å²) >= 11 is 0. The van der Waals surface area contributed by atoms with Crippen molar-refractivity contribution in [3.63, 3.8) is 0 Å². The molecule has 1 aromatic heterocycles. The Labute approximate surface area is 117 Å². The molecule has 1 heterocycles.